The number of nitrogens with two attached hydrogens (primary N) is 1. The predicted octanol–water partition coefficient (Wildman–Crippen LogP) is 2.57. The lowest BCUT2D eigenvalue weighted by Crippen LogP contribution is -2.29. The van der Waals surface area contributed by atoms with Gasteiger partial charge in [-0.3, -0.25) is 10.5 Å². The summed E-state index contributed by atoms with van der Waals surface area (Å²) in [6, 6.07) is 11.5. The van der Waals surface area contributed by atoms with Crippen molar-refractivity contribution in [1.29, 1.82) is 0 Å². The summed E-state index contributed by atoms with van der Waals surface area (Å²) in [7, 11) is 1.93. The van der Waals surface area contributed by atoms with Crippen molar-refractivity contribution in [3.8, 4) is 0 Å². The van der Waals surface area contributed by atoms with Crippen LogP contribution in [0.5, 0.6) is 0 Å². The molecule has 0 spiro atoms. The molecular weight excluding hydrogens is 276 g/mol. The normalized spacial score (nSPS) is 12.9. The summed E-state index contributed by atoms with van der Waals surface area (Å²) in [5.74, 6) is 6.33. The number of hydrogen-bond donors (Lipinski definition) is 2. The second-order valence-electron chi connectivity index (χ2n) is 4.65. The third-order valence-corrected chi connectivity index (χ3v) is 3.57. The summed E-state index contributed by atoms with van der Waals surface area (Å²) >= 11 is 5.81. The Balaban J connectivity index is 1.95. The molecule has 0 fully saturated rings. The molecule has 104 valence electrons. The number of fused-ring (bicyclic) bond motifs is 1. The van der Waals surface area contributed by atoms with Crippen LogP contribution in [0.1, 0.15) is 17.5 Å². The molecule has 3 rings (SSSR count). The second-order valence-corrected chi connectivity index (χ2v) is 5.03. The zero-order valence-corrected chi connectivity index (χ0v) is 11.8. The first-order valence-electron chi connectivity index (χ1n) is 6.31. The van der Waals surface area contributed by atoms with Gasteiger partial charge in [0.05, 0.1) is 17.3 Å². The van der Waals surface area contributed by atoms with E-state index in [-0.39, 0.29) is 6.04 Å². The first kappa shape index (κ1) is 13.2. The minimum atomic E-state index is -0.166. The number of nitrogens with one attached hydrogen (secondary N) is 1. The van der Waals surface area contributed by atoms with Gasteiger partial charge in [-0.1, -0.05) is 18.2 Å². The molecule has 1 atom stereocenters. The Hall–Kier alpha value is -1.82. The highest BCUT2D eigenvalue weighted by Crippen LogP contribution is 2.25. The Kier molecular flexibility index (Phi) is 3.48. The van der Waals surface area contributed by atoms with E-state index in [0.717, 1.165) is 16.6 Å². The number of aryl methyl sites for hydroxylation is 1. The number of nitrogens with zero attached hydrogens (tertiary/aromatic N) is 2. The first-order chi connectivity index (χ1) is 9.69. The number of aromatic nitrogens is 2. The molecule has 2 heterocycles. The van der Waals surface area contributed by atoms with Gasteiger partial charge in [-0.25, -0.2) is 5.43 Å². The van der Waals surface area contributed by atoms with E-state index in [1.54, 1.807) is 6.07 Å². The van der Waals surface area contributed by atoms with Gasteiger partial charge in [-0.2, -0.15) is 5.10 Å². The smallest absolute Gasteiger partial charge is 0.193 e. The van der Waals surface area contributed by atoms with E-state index in [1.165, 1.54) is 0 Å². The van der Waals surface area contributed by atoms with Gasteiger partial charge in [0.25, 0.3) is 0 Å². The molecule has 0 aliphatic heterocycles. The highest BCUT2D eigenvalue weighted by molar-refractivity contribution is 6.28. The fourth-order valence-corrected chi connectivity index (χ4v) is 2.54. The zero-order valence-electron chi connectivity index (χ0n) is 11.0. The molecule has 6 heteroatoms. The van der Waals surface area contributed by atoms with Crippen molar-refractivity contribution in [2.24, 2.45) is 12.9 Å². The lowest BCUT2D eigenvalue weighted by atomic mass is 10.1. The molecule has 3 N–H and O–H groups in total. The molecule has 0 amide bonds. The van der Waals surface area contributed by atoms with Crippen molar-refractivity contribution in [1.82, 2.24) is 15.2 Å². The van der Waals surface area contributed by atoms with E-state index in [1.807, 2.05) is 36.0 Å². The molecule has 0 radical (unpaired) electrons. The molecule has 0 saturated carbocycles. The molecule has 20 heavy (non-hydrogen) atoms. The molecule has 0 saturated heterocycles. The van der Waals surface area contributed by atoms with E-state index in [2.05, 4.69) is 16.6 Å². The van der Waals surface area contributed by atoms with Crippen molar-refractivity contribution < 1.29 is 4.42 Å². The average Bonchev–Trinajstić information content (AvgIpc) is 3.01. The van der Waals surface area contributed by atoms with Gasteiger partial charge in [0, 0.05) is 18.9 Å². The molecule has 1 unspecified atom stereocenters. The molecule has 2 aromatic heterocycles. The summed E-state index contributed by atoms with van der Waals surface area (Å²) in [5, 5.41) is 6.03. The van der Waals surface area contributed by atoms with Crippen molar-refractivity contribution in [3.05, 3.63) is 53.1 Å². The van der Waals surface area contributed by atoms with Crippen LogP contribution >= 0.6 is 11.6 Å². The largest absolute Gasteiger partial charge is 0.448 e. The van der Waals surface area contributed by atoms with Gasteiger partial charge < -0.3 is 4.42 Å². The quantitative estimate of drug-likeness (QED) is 0.572. The van der Waals surface area contributed by atoms with Crippen LogP contribution in [0.3, 0.4) is 0 Å². The van der Waals surface area contributed by atoms with Crippen LogP contribution in [0.2, 0.25) is 5.22 Å². The van der Waals surface area contributed by atoms with Crippen molar-refractivity contribution >= 4 is 22.5 Å². The highest BCUT2D eigenvalue weighted by atomic mass is 35.5. The summed E-state index contributed by atoms with van der Waals surface area (Å²) < 4.78 is 7.28. The van der Waals surface area contributed by atoms with Gasteiger partial charge in [0.1, 0.15) is 5.76 Å². The summed E-state index contributed by atoms with van der Waals surface area (Å²) in [6.07, 6.45) is 0.627. The molecule has 0 aliphatic carbocycles. The van der Waals surface area contributed by atoms with Crippen LogP contribution in [-0.4, -0.2) is 9.78 Å². The fraction of sp³-hybridized carbons (Fsp3) is 0.214. The predicted molar refractivity (Wildman–Crippen MR) is 78.2 cm³/mol. The highest BCUT2D eigenvalue weighted by Gasteiger charge is 2.18. The summed E-state index contributed by atoms with van der Waals surface area (Å²) in [6.45, 7) is 0. The Labute approximate surface area is 121 Å². The average molecular weight is 291 g/mol. The lowest BCUT2D eigenvalue weighted by molar-refractivity contribution is 0.414. The lowest BCUT2D eigenvalue weighted by Gasteiger charge is -2.11. The van der Waals surface area contributed by atoms with E-state index in [0.29, 0.717) is 17.4 Å². The van der Waals surface area contributed by atoms with Gasteiger partial charge >= 0.3 is 0 Å². The van der Waals surface area contributed by atoms with Crippen LogP contribution in [0.25, 0.3) is 10.9 Å². The van der Waals surface area contributed by atoms with Gasteiger partial charge in [0.15, 0.2) is 5.22 Å². The molecule has 3 aromatic rings. The second kappa shape index (κ2) is 5.28. The SMILES string of the molecule is Cn1nc(CC(NN)c2ccc(Cl)o2)c2ccccc21. The molecule has 1 aromatic carbocycles. The standard InChI is InChI=1S/C14H15ClN4O/c1-19-12-5-3-2-4-9(12)10(18-19)8-11(17-16)13-6-7-14(15)20-13/h2-7,11,17H,8,16H2,1H3. The fourth-order valence-electron chi connectivity index (χ4n) is 2.39. The zero-order chi connectivity index (χ0) is 14.1. The first-order valence-corrected chi connectivity index (χ1v) is 6.69. The van der Waals surface area contributed by atoms with Gasteiger partial charge in [0.2, 0.25) is 0 Å². The Morgan fingerprint density at radius 1 is 1.35 bits per heavy atom. The Morgan fingerprint density at radius 3 is 2.85 bits per heavy atom. The van der Waals surface area contributed by atoms with Crippen LogP contribution in [0, 0.1) is 0 Å². The molecule has 0 bridgehead atoms. The molecule has 0 aliphatic rings. The van der Waals surface area contributed by atoms with Crippen LogP contribution in [0.4, 0.5) is 0 Å². The van der Waals surface area contributed by atoms with E-state index >= 15 is 0 Å². The Bertz CT molecular complexity index is 734. The van der Waals surface area contributed by atoms with Crippen molar-refractivity contribution in [2.75, 3.05) is 0 Å². The monoisotopic (exact) mass is 290 g/mol. The minimum Gasteiger partial charge on any atom is -0.448 e. The van der Waals surface area contributed by atoms with Gasteiger partial charge in [-0.05, 0) is 29.8 Å². The van der Waals surface area contributed by atoms with Crippen molar-refractivity contribution in [2.45, 2.75) is 12.5 Å². The maximum atomic E-state index is 5.81. The maximum Gasteiger partial charge on any atom is 0.193 e. The van der Waals surface area contributed by atoms with Crippen LogP contribution in [0.15, 0.2) is 40.8 Å². The van der Waals surface area contributed by atoms with E-state index in [9.17, 15) is 0 Å². The van der Waals surface area contributed by atoms with Gasteiger partial charge in [-0.15, -0.1) is 0 Å². The number of hydrazine groups is 1. The van der Waals surface area contributed by atoms with Crippen molar-refractivity contribution in [3.63, 3.8) is 0 Å². The number of hydrogen-bond acceptors (Lipinski definition) is 4. The topological polar surface area (TPSA) is 69.0 Å². The van der Waals surface area contributed by atoms with E-state index in [4.69, 9.17) is 21.9 Å². The molecular formula is C14H15ClN4O. The summed E-state index contributed by atoms with van der Waals surface area (Å²) in [4.78, 5) is 0. The van der Waals surface area contributed by atoms with Crippen LogP contribution in [-0.2, 0) is 13.5 Å². The number of rotatable bonds is 4. The number of benzene rings is 1. The number of halogens is 1. The maximum absolute atomic E-state index is 5.81. The minimum absolute atomic E-state index is 0.166. The molecule has 5 nitrogen and oxygen atoms in total. The number of furan rings is 1. The Morgan fingerprint density at radius 2 is 2.15 bits per heavy atom. The summed E-state index contributed by atoms with van der Waals surface area (Å²) in [5.41, 5.74) is 4.82. The van der Waals surface area contributed by atoms with E-state index < -0.39 is 0 Å². The third-order valence-electron chi connectivity index (χ3n) is 3.37. The van der Waals surface area contributed by atoms with Crippen LogP contribution < -0.4 is 11.3 Å². The number of para-hydroxylation sites is 1. The third kappa shape index (κ3) is 2.31.